The molecule has 0 aliphatic carbocycles. The number of halogens is 6. The molecule has 27 heavy (non-hydrogen) atoms. The normalized spacial score (nSPS) is 12.7. The lowest BCUT2D eigenvalue weighted by molar-refractivity contribution is -0.154. The van der Waals surface area contributed by atoms with Crippen LogP contribution < -0.4 is 9.04 Å². The fourth-order valence-corrected chi connectivity index (χ4v) is 3.44. The van der Waals surface area contributed by atoms with E-state index in [0.717, 1.165) is 7.05 Å². The van der Waals surface area contributed by atoms with E-state index in [-0.39, 0.29) is 11.8 Å². The van der Waals surface area contributed by atoms with Crippen LogP contribution in [0.2, 0.25) is 0 Å². The second kappa shape index (κ2) is 7.29. The van der Waals surface area contributed by atoms with Crippen molar-refractivity contribution in [3.8, 4) is 5.75 Å². The van der Waals surface area contributed by atoms with Gasteiger partial charge in [-0.25, -0.2) is 8.42 Å². The minimum atomic E-state index is -4.89. The smallest absolute Gasteiger partial charge is 0.422 e. The molecule has 2 rings (SSSR count). The predicted octanol–water partition coefficient (Wildman–Crippen LogP) is 4.47. The summed E-state index contributed by atoms with van der Waals surface area (Å²) < 4.78 is 107. The van der Waals surface area contributed by atoms with E-state index < -0.39 is 45.2 Å². The Morgan fingerprint density at radius 3 is 2.07 bits per heavy atom. The molecule has 11 heteroatoms. The lowest BCUT2D eigenvalue weighted by atomic mass is 10.2. The van der Waals surface area contributed by atoms with E-state index in [1.165, 1.54) is 24.3 Å². The second-order valence-electron chi connectivity index (χ2n) is 5.37. The molecular formula is C16H13F6NO3S. The van der Waals surface area contributed by atoms with E-state index in [9.17, 15) is 34.8 Å². The van der Waals surface area contributed by atoms with Crippen LogP contribution in [0.5, 0.6) is 5.75 Å². The zero-order chi connectivity index (χ0) is 20.5. The third kappa shape index (κ3) is 5.06. The van der Waals surface area contributed by atoms with Crippen LogP contribution in [0.1, 0.15) is 5.56 Å². The van der Waals surface area contributed by atoms with Crippen molar-refractivity contribution < 1.29 is 39.5 Å². The first-order chi connectivity index (χ1) is 12.3. The Labute approximate surface area is 151 Å². The van der Waals surface area contributed by atoms with E-state index in [1.54, 1.807) is 6.07 Å². The number of nitrogens with zero attached hydrogens (tertiary/aromatic N) is 1. The summed E-state index contributed by atoms with van der Waals surface area (Å²) in [5, 5.41) is 0. The second-order valence-corrected chi connectivity index (χ2v) is 7.31. The Morgan fingerprint density at radius 2 is 1.56 bits per heavy atom. The van der Waals surface area contributed by atoms with Gasteiger partial charge < -0.3 is 4.74 Å². The molecule has 0 aliphatic heterocycles. The van der Waals surface area contributed by atoms with Gasteiger partial charge in [-0.15, -0.1) is 0 Å². The highest BCUT2D eigenvalue weighted by Gasteiger charge is 2.36. The molecule has 2 aromatic rings. The van der Waals surface area contributed by atoms with Gasteiger partial charge in [-0.2, -0.15) is 26.3 Å². The maximum Gasteiger partial charge on any atom is 0.422 e. The van der Waals surface area contributed by atoms with Crippen molar-refractivity contribution in [2.24, 2.45) is 0 Å². The molecule has 0 aliphatic rings. The average molecular weight is 413 g/mol. The van der Waals surface area contributed by atoms with E-state index in [0.29, 0.717) is 16.4 Å². The maximum atomic E-state index is 13.0. The molecule has 0 atom stereocenters. The number of ether oxygens (including phenoxy) is 1. The third-order valence-electron chi connectivity index (χ3n) is 3.42. The summed E-state index contributed by atoms with van der Waals surface area (Å²) in [5.41, 5.74) is -1.22. The summed E-state index contributed by atoms with van der Waals surface area (Å²) in [6.45, 7) is -1.85. The van der Waals surface area contributed by atoms with Crippen LogP contribution in [-0.4, -0.2) is 28.2 Å². The summed E-state index contributed by atoms with van der Waals surface area (Å²) >= 11 is 0. The average Bonchev–Trinajstić information content (AvgIpc) is 2.58. The van der Waals surface area contributed by atoms with Crippen LogP contribution in [0.25, 0.3) is 0 Å². The van der Waals surface area contributed by atoms with Crippen LogP contribution in [0, 0.1) is 0 Å². The highest BCUT2D eigenvalue weighted by Crippen LogP contribution is 2.36. The summed E-state index contributed by atoms with van der Waals surface area (Å²) in [6, 6.07) is 8.59. The van der Waals surface area contributed by atoms with Crippen LogP contribution in [0.4, 0.5) is 32.0 Å². The standard InChI is InChI=1S/C16H13F6NO3S/c1-23(12-5-3-2-4-6-12)27(24,25)14-9-11(16(20,21)22)7-8-13(14)26-10-15(17,18)19/h2-9H,10H2,1H3. The van der Waals surface area contributed by atoms with Gasteiger partial charge in [0.2, 0.25) is 0 Å². The van der Waals surface area contributed by atoms with Crippen LogP contribution >= 0.6 is 0 Å². The van der Waals surface area contributed by atoms with Crippen LogP contribution in [-0.2, 0) is 16.2 Å². The first-order valence-corrected chi connectivity index (χ1v) is 8.71. The summed E-state index contributed by atoms with van der Waals surface area (Å²) in [6.07, 6.45) is -9.69. The van der Waals surface area contributed by atoms with Gasteiger partial charge in [-0.05, 0) is 30.3 Å². The summed E-state index contributed by atoms with van der Waals surface area (Å²) in [4.78, 5) is -1.02. The van der Waals surface area contributed by atoms with Gasteiger partial charge in [0.1, 0.15) is 10.6 Å². The van der Waals surface area contributed by atoms with Crippen molar-refractivity contribution in [2.75, 3.05) is 18.0 Å². The van der Waals surface area contributed by atoms with Crippen molar-refractivity contribution >= 4 is 15.7 Å². The molecule has 2 aromatic carbocycles. The first kappa shape index (κ1) is 20.9. The highest BCUT2D eigenvalue weighted by molar-refractivity contribution is 7.92. The molecular weight excluding hydrogens is 400 g/mol. The molecule has 0 saturated carbocycles. The Morgan fingerprint density at radius 1 is 0.963 bits per heavy atom. The highest BCUT2D eigenvalue weighted by atomic mass is 32.2. The number of rotatable bonds is 5. The molecule has 148 valence electrons. The molecule has 4 nitrogen and oxygen atoms in total. The molecule has 0 aromatic heterocycles. The minimum Gasteiger partial charge on any atom is -0.483 e. The zero-order valence-electron chi connectivity index (χ0n) is 13.7. The first-order valence-electron chi connectivity index (χ1n) is 7.27. The number of alkyl halides is 6. The number of benzene rings is 2. The lowest BCUT2D eigenvalue weighted by Crippen LogP contribution is -2.28. The molecule has 0 radical (unpaired) electrons. The molecule has 0 fully saturated rings. The lowest BCUT2D eigenvalue weighted by Gasteiger charge is -2.22. The van der Waals surface area contributed by atoms with E-state index in [4.69, 9.17) is 0 Å². The van der Waals surface area contributed by atoms with Crippen molar-refractivity contribution in [1.82, 2.24) is 0 Å². The van der Waals surface area contributed by atoms with Gasteiger partial charge in [-0.3, -0.25) is 4.31 Å². The van der Waals surface area contributed by atoms with Crippen LogP contribution in [0.15, 0.2) is 53.4 Å². The van der Waals surface area contributed by atoms with Crippen molar-refractivity contribution in [2.45, 2.75) is 17.2 Å². The van der Waals surface area contributed by atoms with E-state index in [2.05, 4.69) is 4.74 Å². The molecule has 0 bridgehead atoms. The summed E-state index contributed by atoms with van der Waals surface area (Å²) in [7, 11) is -3.56. The fraction of sp³-hybridized carbons (Fsp3) is 0.250. The molecule has 0 amide bonds. The van der Waals surface area contributed by atoms with Gasteiger partial charge in [0.25, 0.3) is 10.0 Å². The van der Waals surface area contributed by atoms with E-state index >= 15 is 0 Å². The fourth-order valence-electron chi connectivity index (χ4n) is 2.09. The topological polar surface area (TPSA) is 46.6 Å². The molecule has 0 unspecified atom stereocenters. The summed E-state index contributed by atoms with van der Waals surface area (Å²) in [5.74, 6) is -0.830. The van der Waals surface area contributed by atoms with Gasteiger partial charge in [0.15, 0.2) is 6.61 Å². The maximum absolute atomic E-state index is 13.0. The Kier molecular flexibility index (Phi) is 5.64. The van der Waals surface area contributed by atoms with Gasteiger partial charge in [0, 0.05) is 7.05 Å². The number of sulfonamides is 1. The Hall–Kier alpha value is -2.43. The Balaban J connectivity index is 2.56. The number of hydrogen-bond donors (Lipinski definition) is 0. The van der Waals surface area contributed by atoms with Crippen molar-refractivity contribution in [1.29, 1.82) is 0 Å². The SMILES string of the molecule is CN(c1ccccc1)S(=O)(=O)c1cc(C(F)(F)F)ccc1OCC(F)(F)F. The third-order valence-corrected chi connectivity index (χ3v) is 5.23. The molecule has 0 heterocycles. The van der Waals surface area contributed by atoms with Crippen molar-refractivity contribution in [3.05, 3.63) is 54.1 Å². The molecule has 0 saturated heterocycles. The van der Waals surface area contributed by atoms with Gasteiger partial charge in [-0.1, -0.05) is 18.2 Å². The van der Waals surface area contributed by atoms with Gasteiger partial charge >= 0.3 is 12.4 Å². The number of anilines is 1. The predicted molar refractivity (Wildman–Crippen MR) is 85.0 cm³/mol. The minimum absolute atomic E-state index is 0.108. The quantitative estimate of drug-likeness (QED) is 0.680. The van der Waals surface area contributed by atoms with Gasteiger partial charge in [0.05, 0.1) is 11.3 Å². The number of para-hydroxylation sites is 1. The monoisotopic (exact) mass is 413 g/mol. The molecule has 0 N–H and O–H groups in total. The zero-order valence-corrected chi connectivity index (χ0v) is 14.5. The molecule has 0 spiro atoms. The van der Waals surface area contributed by atoms with Crippen molar-refractivity contribution in [3.63, 3.8) is 0 Å². The largest absolute Gasteiger partial charge is 0.483 e. The number of hydrogen-bond acceptors (Lipinski definition) is 3. The van der Waals surface area contributed by atoms with E-state index in [1.807, 2.05) is 0 Å². The Bertz CT molecular complexity index is 895. The van der Waals surface area contributed by atoms with Crippen LogP contribution in [0.3, 0.4) is 0 Å².